The first-order valence-corrected chi connectivity index (χ1v) is 6.26. The predicted octanol–water partition coefficient (Wildman–Crippen LogP) is 1.39. The molecule has 2 rings (SSSR count). The van der Waals surface area contributed by atoms with E-state index in [0.717, 1.165) is 38.2 Å². The SMILES string of the molecule is CN1CCCN(C(=O)Cc2ccccc2)CC1. The molecule has 1 amide bonds. The minimum absolute atomic E-state index is 0.256. The van der Waals surface area contributed by atoms with Crippen molar-refractivity contribution in [1.82, 2.24) is 9.80 Å². The number of likely N-dealkylation sites (N-methyl/N-ethyl adjacent to an activating group) is 1. The van der Waals surface area contributed by atoms with Gasteiger partial charge < -0.3 is 9.80 Å². The topological polar surface area (TPSA) is 23.6 Å². The quantitative estimate of drug-likeness (QED) is 0.769. The van der Waals surface area contributed by atoms with Gasteiger partial charge in [-0.2, -0.15) is 0 Å². The summed E-state index contributed by atoms with van der Waals surface area (Å²) in [4.78, 5) is 16.4. The van der Waals surface area contributed by atoms with Crippen LogP contribution in [0.3, 0.4) is 0 Å². The van der Waals surface area contributed by atoms with Crippen molar-refractivity contribution in [3.05, 3.63) is 35.9 Å². The minimum Gasteiger partial charge on any atom is -0.341 e. The maximum absolute atomic E-state index is 12.1. The van der Waals surface area contributed by atoms with Crippen LogP contribution in [0.25, 0.3) is 0 Å². The molecule has 1 aromatic carbocycles. The molecule has 3 heteroatoms. The Balaban J connectivity index is 1.91. The Bertz CT molecular complexity index is 364. The smallest absolute Gasteiger partial charge is 0.227 e. The largest absolute Gasteiger partial charge is 0.341 e. The molecule has 0 bridgehead atoms. The van der Waals surface area contributed by atoms with Crippen LogP contribution < -0.4 is 0 Å². The van der Waals surface area contributed by atoms with E-state index >= 15 is 0 Å². The summed E-state index contributed by atoms with van der Waals surface area (Å²) in [7, 11) is 2.12. The van der Waals surface area contributed by atoms with E-state index < -0.39 is 0 Å². The fourth-order valence-electron chi connectivity index (χ4n) is 2.18. The lowest BCUT2D eigenvalue weighted by atomic mass is 10.1. The van der Waals surface area contributed by atoms with Crippen molar-refractivity contribution in [2.75, 3.05) is 33.2 Å². The van der Waals surface area contributed by atoms with E-state index in [-0.39, 0.29) is 5.91 Å². The van der Waals surface area contributed by atoms with Crippen molar-refractivity contribution in [1.29, 1.82) is 0 Å². The highest BCUT2D eigenvalue weighted by molar-refractivity contribution is 5.78. The molecule has 1 fully saturated rings. The van der Waals surface area contributed by atoms with Gasteiger partial charge in [-0.3, -0.25) is 4.79 Å². The Morgan fingerprint density at radius 2 is 1.88 bits per heavy atom. The molecular weight excluding hydrogens is 212 g/mol. The highest BCUT2D eigenvalue weighted by Gasteiger charge is 2.17. The summed E-state index contributed by atoms with van der Waals surface area (Å²) in [5.41, 5.74) is 1.11. The molecule has 0 N–H and O–H groups in total. The van der Waals surface area contributed by atoms with Crippen LogP contribution in [0.2, 0.25) is 0 Å². The first-order chi connectivity index (χ1) is 8.25. The van der Waals surface area contributed by atoms with Crippen molar-refractivity contribution in [3.8, 4) is 0 Å². The second kappa shape index (κ2) is 5.82. The molecule has 0 saturated carbocycles. The molecule has 0 aromatic heterocycles. The highest BCUT2D eigenvalue weighted by atomic mass is 16.2. The number of hydrogen-bond donors (Lipinski definition) is 0. The van der Waals surface area contributed by atoms with Crippen LogP contribution >= 0.6 is 0 Å². The van der Waals surface area contributed by atoms with E-state index in [0.29, 0.717) is 6.42 Å². The molecule has 3 nitrogen and oxygen atoms in total. The molecule has 1 heterocycles. The molecule has 0 atom stereocenters. The number of carbonyl (C=O) groups excluding carboxylic acids is 1. The third-order valence-corrected chi connectivity index (χ3v) is 3.27. The van der Waals surface area contributed by atoms with E-state index in [9.17, 15) is 4.79 Å². The lowest BCUT2D eigenvalue weighted by Gasteiger charge is -2.20. The van der Waals surface area contributed by atoms with E-state index in [1.807, 2.05) is 35.2 Å². The van der Waals surface area contributed by atoms with Gasteiger partial charge in [0, 0.05) is 19.6 Å². The summed E-state index contributed by atoms with van der Waals surface area (Å²) in [5.74, 6) is 0.256. The van der Waals surface area contributed by atoms with E-state index in [4.69, 9.17) is 0 Å². The van der Waals surface area contributed by atoms with Gasteiger partial charge in [-0.1, -0.05) is 30.3 Å². The van der Waals surface area contributed by atoms with Crippen LogP contribution in [0, 0.1) is 0 Å². The fourth-order valence-corrected chi connectivity index (χ4v) is 2.18. The molecule has 1 saturated heterocycles. The third-order valence-electron chi connectivity index (χ3n) is 3.27. The minimum atomic E-state index is 0.256. The van der Waals surface area contributed by atoms with Gasteiger partial charge in [0.15, 0.2) is 0 Å². The Labute approximate surface area is 103 Å². The van der Waals surface area contributed by atoms with E-state index in [1.54, 1.807) is 0 Å². The number of nitrogens with zero attached hydrogens (tertiary/aromatic N) is 2. The van der Waals surface area contributed by atoms with Crippen LogP contribution in [0.15, 0.2) is 30.3 Å². The maximum Gasteiger partial charge on any atom is 0.227 e. The molecular formula is C14H20N2O. The molecule has 17 heavy (non-hydrogen) atoms. The van der Waals surface area contributed by atoms with Crippen LogP contribution in [0.4, 0.5) is 0 Å². The number of hydrogen-bond acceptors (Lipinski definition) is 2. The fraction of sp³-hybridized carbons (Fsp3) is 0.500. The molecule has 0 radical (unpaired) electrons. The van der Waals surface area contributed by atoms with Crippen LogP contribution in [0.5, 0.6) is 0 Å². The molecule has 1 aromatic rings. The summed E-state index contributed by atoms with van der Waals surface area (Å²) in [6.07, 6.45) is 1.61. The van der Waals surface area contributed by atoms with Crippen molar-refractivity contribution in [3.63, 3.8) is 0 Å². The van der Waals surface area contributed by atoms with Gasteiger partial charge in [0.25, 0.3) is 0 Å². The van der Waals surface area contributed by atoms with Gasteiger partial charge in [0.05, 0.1) is 6.42 Å². The number of carbonyl (C=O) groups is 1. The van der Waals surface area contributed by atoms with E-state index in [1.165, 1.54) is 0 Å². The predicted molar refractivity (Wildman–Crippen MR) is 68.8 cm³/mol. The third kappa shape index (κ3) is 3.56. The Hall–Kier alpha value is -1.35. The summed E-state index contributed by atoms with van der Waals surface area (Å²) in [5, 5.41) is 0. The van der Waals surface area contributed by atoms with Gasteiger partial charge in [-0.05, 0) is 25.6 Å². The van der Waals surface area contributed by atoms with Crippen molar-refractivity contribution in [2.45, 2.75) is 12.8 Å². The molecule has 0 spiro atoms. The second-order valence-corrected chi connectivity index (χ2v) is 4.70. The first-order valence-electron chi connectivity index (χ1n) is 6.26. The Morgan fingerprint density at radius 3 is 2.65 bits per heavy atom. The number of rotatable bonds is 2. The van der Waals surface area contributed by atoms with Crippen LogP contribution in [-0.4, -0.2) is 48.9 Å². The molecule has 92 valence electrons. The van der Waals surface area contributed by atoms with Gasteiger partial charge >= 0.3 is 0 Å². The molecule has 0 aliphatic carbocycles. The zero-order valence-electron chi connectivity index (χ0n) is 10.4. The lowest BCUT2D eigenvalue weighted by Crippen LogP contribution is -2.35. The highest BCUT2D eigenvalue weighted by Crippen LogP contribution is 2.06. The van der Waals surface area contributed by atoms with Gasteiger partial charge in [-0.15, -0.1) is 0 Å². The summed E-state index contributed by atoms with van der Waals surface area (Å²) in [6, 6.07) is 9.98. The van der Waals surface area contributed by atoms with Crippen LogP contribution in [0.1, 0.15) is 12.0 Å². The molecule has 1 aliphatic heterocycles. The normalized spacial score (nSPS) is 17.8. The molecule has 1 aliphatic rings. The molecule has 0 unspecified atom stereocenters. The van der Waals surface area contributed by atoms with Gasteiger partial charge in [0.1, 0.15) is 0 Å². The van der Waals surface area contributed by atoms with Crippen LogP contribution in [-0.2, 0) is 11.2 Å². The Morgan fingerprint density at radius 1 is 1.12 bits per heavy atom. The Kier molecular flexibility index (Phi) is 4.15. The zero-order valence-corrected chi connectivity index (χ0v) is 10.4. The van der Waals surface area contributed by atoms with Crippen molar-refractivity contribution in [2.24, 2.45) is 0 Å². The second-order valence-electron chi connectivity index (χ2n) is 4.70. The standard InChI is InChI=1S/C14H20N2O/c1-15-8-5-9-16(11-10-15)14(17)12-13-6-3-2-4-7-13/h2-4,6-7H,5,8-12H2,1H3. The maximum atomic E-state index is 12.1. The number of benzene rings is 1. The summed E-state index contributed by atoms with van der Waals surface area (Å²) >= 11 is 0. The van der Waals surface area contributed by atoms with Gasteiger partial charge in [-0.25, -0.2) is 0 Å². The summed E-state index contributed by atoms with van der Waals surface area (Å²) in [6.45, 7) is 3.84. The first kappa shape index (κ1) is 12.1. The number of amides is 1. The summed E-state index contributed by atoms with van der Waals surface area (Å²) < 4.78 is 0. The van der Waals surface area contributed by atoms with Gasteiger partial charge in [0.2, 0.25) is 5.91 Å². The van der Waals surface area contributed by atoms with E-state index in [2.05, 4.69) is 11.9 Å². The average molecular weight is 232 g/mol. The lowest BCUT2D eigenvalue weighted by molar-refractivity contribution is -0.130. The zero-order chi connectivity index (χ0) is 12.1. The van der Waals surface area contributed by atoms with Crippen molar-refractivity contribution < 1.29 is 4.79 Å². The van der Waals surface area contributed by atoms with Crippen molar-refractivity contribution >= 4 is 5.91 Å². The monoisotopic (exact) mass is 232 g/mol. The average Bonchev–Trinajstić information content (AvgIpc) is 2.55.